The Hall–Kier alpha value is -3.08. The largest absolute Gasteiger partial charge is 0.461 e. The Morgan fingerprint density at radius 3 is 2.44 bits per heavy atom. The molecule has 126 valence electrons. The minimum absolute atomic E-state index is 0.272. The first-order valence-corrected chi connectivity index (χ1v) is 7.92. The molecule has 2 heterocycles. The number of aryl methyl sites for hydroxylation is 1. The van der Waals surface area contributed by atoms with Crippen LogP contribution in [0, 0.1) is 12.7 Å². The molecule has 0 saturated carbocycles. The summed E-state index contributed by atoms with van der Waals surface area (Å²) in [5.41, 5.74) is 2.58. The average Bonchev–Trinajstić information content (AvgIpc) is 2.63. The summed E-state index contributed by atoms with van der Waals surface area (Å²) in [7, 11) is 1.35. The zero-order chi connectivity index (χ0) is 17.8. The number of hydrogen-bond donors (Lipinski definition) is 0. The lowest BCUT2D eigenvalue weighted by Gasteiger charge is -2.07. The number of rotatable bonds is 4. The topological polar surface area (TPSA) is 34.1 Å². The number of halogens is 1. The Balaban J connectivity index is 2.09. The molecule has 25 heavy (non-hydrogen) atoms. The maximum Gasteiger partial charge on any atom is 0.403 e. The number of esters is 1. The van der Waals surface area contributed by atoms with Gasteiger partial charge in [-0.15, -0.1) is 9.13 Å². The third kappa shape index (κ3) is 3.40. The number of carbonyl (C=O) groups is 1. The van der Waals surface area contributed by atoms with Gasteiger partial charge in [0.25, 0.3) is 5.69 Å². The lowest BCUT2D eigenvalue weighted by molar-refractivity contribution is -0.909. The molecule has 0 unspecified atom stereocenters. The zero-order valence-corrected chi connectivity index (χ0v) is 14.1. The fourth-order valence-corrected chi connectivity index (χ4v) is 2.84. The molecule has 3 rings (SSSR count). The molecular formula is C20H19FN2O2+2. The van der Waals surface area contributed by atoms with Crippen LogP contribution >= 0.6 is 0 Å². The fraction of sp³-hybridized carbons (Fsp3) is 0.150. The molecule has 4 nitrogen and oxygen atoms in total. The summed E-state index contributed by atoms with van der Waals surface area (Å²) in [5, 5.41) is 0. The summed E-state index contributed by atoms with van der Waals surface area (Å²) >= 11 is 0. The van der Waals surface area contributed by atoms with Gasteiger partial charge in [0.2, 0.25) is 5.69 Å². The van der Waals surface area contributed by atoms with E-state index >= 15 is 0 Å². The Kier molecular flexibility index (Phi) is 4.84. The number of aromatic nitrogens is 2. The number of hydrogen-bond acceptors (Lipinski definition) is 2. The molecule has 0 spiro atoms. The van der Waals surface area contributed by atoms with E-state index in [-0.39, 0.29) is 5.82 Å². The van der Waals surface area contributed by atoms with E-state index in [9.17, 15) is 9.18 Å². The van der Waals surface area contributed by atoms with Gasteiger partial charge in [0.15, 0.2) is 12.4 Å². The first-order chi connectivity index (χ1) is 12.1. The predicted molar refractivity (Wildman–Crippen MR) is 90.1 cm³/mol. The van der Waals surface area contributed by atoms with E-state index in [1.165, 1.54) is 13.2 Å². The highest BCUT2D eigenvalue weighted by atomic mass is 19.1. The molecule has 3 aromatic rings. The van der Waals surface area contributed by atoms with Crippen LogP contribution in [-0.4, -0.2) is 13.1 Å². The van der Waals surface area contributed by atoms with Gasteiger partial charge in [-0.3, -0.25) is 0 Å². The van der Waals surface area contributed by atoms with Crippen LogP contribution < -0.4 is 9.13 Å². The molecule has 2 aromatic heterocycles. The molecular weight excluding hydrogens is 319 g/mol. The standard InChI is InChI=1S/C20H19FN2O2/c1-15-8-7-9-16(21)19(15)17-10-3-5-12-22(17)14-23-13-6-4-11-18(23)20(24)25-2/h3-13H,14H2,1-2H3/q+2. The molecule has 0 bridgehead atoms. The summed E-state index contributed by atoms with van der Waals surface area (Å²) < 4.78 is 22.9. The number of methoxy groups -OCH3 is 1. The van der Waals surface area contributed by atoms with Crippen molar-refractivity contribution in [2.45, 2.75) is 13.6 Å². The molecule has 0 amide bonds. The monoisotopic (exact) mass is 338 g/mol. The number of pyridine rings is 2. The van der Waals surface area contributed by atoms with Gasteiger partial charge in [-0.25, -0.2) is 9.18 Å². The lowest BCUT2D eigenvalue weighted by Crippen LogP contribution is -2.55. The summed E-state index contributed by atoms with van der Waals surface area (Å²) in [5.74, 6) is -0.688. The van der Waals surface area contributed by atoms with Crippen LogP contribution in [0.1, 0.15) is 16.1 Å². The van der Waals surface area contributed by atoms with Crippen LogP contribution in [0.5, 0.6) is 0 Å². The summed E-state index contributed by atoms with van der Waals surface area (Å²) in [4.78, 5) is 12.0. The van der Waals surface area contributed by atoms with Gasteiger partial charge in [0, 0.05) is 24.3 Å². The van der Waals surface area contributed by atoms with Crippen molar-refractivity contribution in [1.82, 2.24) is 0 Å². The van der Waals surface area contributed by atoms with Gasteiger partial charge in [-0.05, 0) is 30.7 Å². The van der Waals surface area contributed by atoms with Crippen LogP contribution in [0.2, 0.25) is 0 Å². The van der Waals surface area contributed by atoms with Crippen LogP contribution in [0.4, 0.5) is 4.39 Å². The number of benzene rings is 1. The minimum Gasteiger partial charge on any atom is -0.461 e. The highest BCUT2D eigenvalue weighted by Crippen LogP contribution is 2.23. The molecule has 0 aliphatic rings. The number of nitrogens with zero attached hydrogens (tertiary/aromatic N) is 2. The highest BCUT2D eigenvalue weighted by molar-refractivity contribution is 5.85. The molecule has 5 heteroatoms. The normalized spacial score (nSPS) is 10.5. The van der Waals surface area contributed by atoms with E-state index in [0.717, 1.165) is 11.3 Å². The highest BCUT2D eigenvalue weighted by Gasteiger charge is 2.25. The van der Waals surface area contributed by atoms with E-state index < -0.39 is 5.97 Å². The molecule has 0 N–H and O–H groups in total. The van der Waals surface area contributed by atoms with Gasteiger partial charge in [0.05, 0.1) is 12.7 Å². The second-order valence-electron chi connectivity index (χ2n) is 5.68. The Bertz CT molecular complexity index is 905. The van der Waals surface area contributed by atoms with Crippen LogP contribution in [0.15, 0.2) is 67.0 Å². The SMILES string of the molecule is COC(=O)c1cccc[n+]1C[n+]1ccccc1-c1c(C)cccc1F. The molecule has 0 aliphatic carbocycles. The maximum atomic E-state index is 14.4. The van der Waals surface area contributed by atoms with E-state index in [0.29, 0.717) is 17.9 Å². The second kappa shape index (κ2) is 7.21. The van der Waals surface area contributed by atoms with Crippen molar-refractivity contribution < 1.29 is 23.1 Å². The van der Waals surface area contributed by atoms with Gasteiger partial charge >= 0.3 is 12.6 Å². The van der Waals surface area contributed by atoms with Gasteiger partial charge in [-0.1, -0.05) is 12.1 Å². The van der Waals surface area contributed by atoms with Gasteiger partial charge in [0.1, 0.15) is 5.82 Å². The molecule has 1 aromatic carbocycles. The first-order valence-electron chi connectivity index (χ1n) is 7.92. The van der Waals surface area contributed by atoms with E-state index in [1.54, 1.807) is 29.0 Å². The average molecular weight is 338 g/mol. The molecule has 0 aliphatic heterocycles. The maximum absolute atomic E-state index is 14.4. The number of carbonyl (C=O) groups excluding carboxylic acids is 1. The molecule has 0 saturated heterocycles. The Morgan fingerprint density at radius 1 is 1.00 bits per heavy atom. The third-order valence-electron chi connectivity index (χ3n) is 4.06. The van der Waals surface area contributed by atoms with Crippen molar-refractivity contribution >= 4 is 5.97 Å². The van der Waals surface area contributed by atoms with Crippen molar-refractivity contribution in [3.8, 4) is 11.3 Å². The first kappa shape index (κ1) is 16.8. The van der Waals surface area contributed by atoms with Crippen molar-refractivity contribution in [1.29, 1.82) is 0 Å². The Morgan fingerprint density at radius 2 is 1.72 bits per heavy atom. The van der Waals surface area contributed by atoms with Crippen LogP contribution in [-0.2, 0) is 11.4 Å². The van der Waals surface area contributed by atoms with E-state index in [4.69, 9.17) is 4.74 Å². The summed E-state index contributed by atoms with van der Waals surface area (Å²) in [6, 6.07) is 16.0. The van der Waals surface area contributed by atoms with Crippen molar-refractivity contribution in [2.75, 3.05) is 7.11 Å². The fourth-order valence-electron chi connectivity index (χ4n) is 2.84. The summed E-state index contributed by atoms with van der Waals surface area (Å²) in [6.45, 7) is 2.24. The van der Waals surface area contributed by atoms with Gasteiger partial charge in [-0.2, -0.15) is 0 Å². The third-order valence-corrected chi connectivity index (χ3v) is 4.06. The quantitative estimate of drug-likeness (QED) is 0.541. The molecule has 0 atom stereocenters. The minimum atomic E-state index is -0.416. The molecule has 0 radical (unpaired) electrons. The smallest absolute Gasteiger partial charge is 0.403 e. The zero-order valence-electron chi connectivity index (χ0n) is 14.1. The van der Waals surface area contributed by atoms with Crippen LogP contribution in [0.3, 0.4) is 0 Å². The van der Waals surface area contributed by atoms with Gasteiger partial charge < -0.3 is 4.74 Å². The Labute approximate surface area is 145 Å². The van der Waals surface area contributed by atoms with Crippen molar-refractivity contribution in [3.63, 3.8) is 0 Å². The molecule has 0 fully saturated rings. The van der Waals surface area contributed by atoms with E-state index in [1.807, 2.05) is 48.0 Å². The second-order valence-corrected chi connectivity index (χ2v) is 5.68. The van der Waals surface area contributed by atoms with Crippen LogP contribution in [0.25, 0.3) is 11.3 Å². The number of ether oxygens (including phenoxy) is 1. The lowest BCUT2D eigenvalue weighted by atomic mass is 10.0. The summed E-state index contributed by atoms with van der Waals surface area (Å²) in [6.07, 6.45) is 3.66. The van der Waals surface area contributed by atoms with Crippen molar-refractivity contribution in [2.24, 2.45) is 0 Å². The predicted octanol–water partition coefficient (Wildman–Crippen LogP) is 2.67. The van der Waals surface area contributed by atoms with Crippen molar-refractivity contribution in [3.05, 3.63) is 84.1 Å². The van der Waals surface area contributed by atoms with E-state index in [2.05, 4.69) is 0 Å².